The lowest BCUT2D eigenvalue weighted by molar-refractivity contribution is 0.00578. The van der Waals surface area contributed by atoms with E-state index >= 15 is 0 Å². The molecule has 1 aliphatic rings. The normalized spacial score (nSPS) is 18.9. The van der Waals surface area contributed by atoms with Crippen molar-refractivity contribution in [3.05, 3.63) is 36.4 Å². The van der Waals surface area contributed by atoms with Crippen molar-refractivity contribution in [1.29, 1.82) is 0 Å². The fourth-order valence-corrected chi connectivity index (χ4v) is 2.44. The molecule has 0 atom stereocenters. The molecule has 1 aromatic heterocycles. The monoisotopic (exact) mass is 312 g/mol. The molecule has 0 radical (unpaired) electrons. The van der Waals surface area contributed by atoms with Crippen LogP contribution in [0.4, 0.5) is 0 Å². The van der Waals surface area contributed by atoms with Crippen LogP contribution in [0.25, 0.3) is 11.3 Å². The first kappa shape index (κ1) is 16.0. The maximum absolute atomic E-state index is 6.11. The van der Waals surface area contributed by atoms with E-state index in [-0.39, 0.29) is 0 Å². The van der Waals surface area contributed by atoms with E-state index in [2.05, 4.69) is 10.2 Å². The Morgan fingerprint density at radius 1 is 0.957 bits per heavy atom. The van der Waals surface area contributed by atoms with Crippen LogP contribution in [-0.4, -0.2) is 35.6 Å². The molecule has 0 aliphatic carbocycles. The zero-order chi connectivity index (χ0) is 16.7. The predicted molar refractivity (Wildman–Crippen MR) is 89.7 cm³/mol. The molecular weight excluding hydrogens is 291 g/mol. The van der Waals surface area contributed by atoms with E-state index in [9.17, 15) is 0 Å². The summed E-state index contributed by atoms with van der Waals surface area (Å²) in [5.74, 6) is 0.420. The summed E-state index contributed by atoms with van der Waals surface area (Å²) < 4.78 is 17.6. The number of nitrogens with zero attached hydrogens (tertiary/aromatic N) is 2. The first-order valence-corrected chi connectivity index (χ1v) is 7.67. The lowest BCUT2D eigenvalue weighted by Gasteiger charge is -2.32. The van der Waals surface area contributed by atoms with Gasteiger partial charge >= 0.3 is 7.12 Å². The standard InChI is InChI=1S/C17H21BN2O3/c1-16(2)17(3,4)23-18(22-16)13-11-14(19-20-15(13)21-5)12-9-7-6-8-10-12/h6-11H,1-5H3. The number of benzene rings is 1. The first-order chi connectivity index (χ1) is 10.8. The molecule has 23 heavy (non-hydrogen) atoms. The van der Waals surface area contributed by atoms with E-state index in [1.54, 1.807) is 7.11 Å². The van der Waals surface area contributed by atoms with Crippen molar-refractivity contribution in [1.82, 2.24) is 10.2 Å². The maximum Gasteiger partial charge on any atom is 0.500 e. The third kappa shape index (κ3) is 2.84. The maximum atomic E-state index is 6.11. The predicted octanol–water partition coefficient (Wildman–Crippen LogP) is 2.45. The van der Waals surface area contributed by atoms with Crippen LogP contribution in [0.3, 0.4) is 0 Å². The fourth-order valence-electron chi connectivity index (χ4n) is 2.44. The minimum atomic E-state index is -0.534. The molecule has 1 saturated heterocycles. The number of methoxy groups -OCH3 is 1. The summed E-state index contributed by atoms with van der Waals surface area (Å²) in [6.45, 7) is 8.08. The Morgan fingerprint density at radius 3 is 2.13 bits per heavy atom. The summed E-state index contributed by atoms with van der Waals surface area (Å²) in [5.41, 5.74) is 1.66. The van der Waals surface area contributed by atoms with Crippen molar-refractivity contribution >= 4 is 12.6 Å². The topological polar surface area (TPSA) is 53.5 Å². The summed E-state index contributed by atoms with van der Waals surface area (Å²) in [7, 11) is 1.04. The summed E-state index contributed by atoms with van der Waals surface area (Å²) in [6.07, 6.45) is 0. The summed E-state index contributed by atoms with van der Waals surface area (Å²) >= 11 is 0. The van der Waals surface area contributed by atoms with Crippen molar-refractivity contribution in [3.63, 3.8) is 0 Å². The number of aromatic nitrogens is 2. The van der Waals surface area contributed by atoms with Gasteiger partial charge in [-0.1, -0.05) is 30.3 Å². The molecule has 6 heteroatoms. The van der Waals surface area contributed by atoms with Crippen LogP contribution in [0, 0.1) is 0 Å². The zero-order valence-corrected chi connectivity index (χ0v) is 14.2. The van der Waals surface area contributed by atoms with Gasteiger partial charge in [0.25, 0.3) is 0 Å². The second-order valence-corrected chi connectivity index (χ2v) is 6.65. The Balaban J connectivity index is 2.02. The van der Waals surface area contributed by atoms with Crippen LogP contribution in [0.5, 0.6) is 5.88 Å². The highest BCUT2D eigenvalue weighted by molar-refractivity contribution is 6.63. The van der Waals surface area contributed by atoms with E-state index in [1.165, 1.54) is 0 Å². The van der Waals surface area contributed by atoms with Gasteiger partial charge in [-0.25, -0.2) is 0 Å². The van der Waals surface area contributed by atoms with E-state index in [1.807, 2.05) is 64.1 Å². The second kappa shape index (κ2) is 5.62. The number of rotatable bonds is 3. The van der Waals surface area contributed by atoms with Gasteiger partial charge in [-0.3, -0.25) is 0 Å². The van der Waals surface area contributed by atoms with Crippen LogP contribution < -0.4 is 10.2 Å². The summed E-state index contributed by atoms with van der Waals surface area (Å²) in [4.78, 5) is 0. The van der Waals surface area contributed by atoms with E-state index in [0.717, 1.165) is 16.7 Å². The highest BCUT2D eigenvalue weighted by Gasteiger charge is 2.52. The summed E-state index contributed by atoms with van der Waals surface area (Å²) in [6, 6.07) is 11.8. The molecule has 2 aromatic rings. The highest BCUT2D eigenvalue weighted by Crippen LogP contribution is 2.37. The second-order valence-electron chi connectivity index (χ2n) is 6.65. The Morgan fingerprint density at radius 2 is 1.57 bits per heavy atom. The Bertz CT molecular complexity index is 688. The molecular formula is C17H21BN2O3. The Labute approximate surface area is 137 Å². The molecule has 0 bridgehead atoms. The Hall–Kier alpha value is -1.92. The lowest BCUT2D eigenvalue weighted by Crippen LogP contribution is -2.41. The number of ether oxygens (including phenoxy) is 1. The third-order valence-corrected chi connectivity index (χ3v) is 4.56. The van der Waals surface area contributed by atoms with Crippen molar-refractivity contribution in [2.75, 3.05) is 7.11 Å². The van der Waals surface area contributed by atoms with Gasteiger partial charge in [0.2, 0.25) is 5.88 Å². The molecule has 0 N–H and O–H groups in total. The average molecular weight is 312 g/mol. The number of hydrogen-bond acceptors (Lipinski definition) is 5. The van der Waals surface area contributed by atoms with Gasteiger partial charge in [0, 0.05) is 11.0 Å². The van der Waals surface area contributed by atoms with Crippen LogP contribution in [0.1, 0.15) is 27.7 Å². The molecule has 2 heterocycles. The third-order valence-electron chi connectivity index (χ3n) is 4.56. The molecule has 0 saturated carbocycles. The quantitative estimate of drug-likeness (QED) is 0.815. The molecule has 0 unspecified atom stereocenters. The van der Waals surface area contributed by atoms with Gasteiger partial charge in [0.05, 0.1) is 24.0 Å². The van der Waals surface area contributed by atoms with Crippen LogP contribution in [0.15, 0.2) is 36.4 Å². The largest absolute Gasteiger partial charge is 0.500 e. The highest BCUT2D eigenvalue weighted by atomic mass is 16.7. The molecule has 3 rings (SSSR count). The van der Waals surface area contributed by atoms with Crippen LogP contribution in [0.2, 0.25) is 0 Å². The molecule has 1 fully saturated rings. The van der Waals surface area contributed by atoms with E-state index in [4.69, 9.17) is 14.0 Å². The molecule has 0 amide bonds. The van der Waals surface area contributed by atoms with Crippen molar-refractivity contribution in [2.45, 2.75) is 38.9 Å². The van der Waals surface area contributed by atoms with Crippen LogP contribution in [-0.2, 0) is 9.31 Å². The van der Waals surface area contributed by atoms with Gasteiger partial charge in [0.15, 0.2) is 0 Å². The smallest absolute Gasteiger partial charge is 0.480 e. The first-order valence-electron chi connectivity index (χ1n) is 7.67. The molecule has 1 aliphatic heterocycles. The van der Waals surface area contributed by atoms with E-state index < -0.39 is 18.3 Å². The van der Waals surface area contributed by atoms with Crippen molar-refractivity contribution in [2.24, 2.45) is 0 Å². The minimum absolute atomic E-state index is 0.418. The zero-order valence-electron chi connectivity index (χ0n) is 14.2. The Kier molecular flexibility index (Phi) is 3.90. The van der Waals surface area contributed by atoms with Crippen LogP contribution >= 0.6 is 0 Å². The molecule has 120 valence electrons. The van der Waals surface area contributed by atoms with E-state index in [0.29, 0.717) is 5.88 Å². The van der Waals surface area contributed by atoms with Gasteiger partial charge in [-0.05, 0) is 33.8 Å². The number of hydrogen-bond donors (Lipinski definition) is 0. The average Bonchev–Trinajstić information content (AvgIpc) is 2.75. The fraction of sp³-hybridized carbons (Fsp3) is 0.412. The minimum Gasteiger partial charge on any atom is -0.480 e. The van der Waals surface area contributed by atoms with Gasteiger partial charge in [0.1, 0.15) is 0 Å². The van der Waals surface area contributed by atoms with Gasteiger partial charge < -0.3 is 14.0 Å². The molecule has 5 nitrogen and oxygen atoms in total. The lowest BCUT2D eigenvalue weighted by atomic mass is 9.79. The molecule has 0 spiro atoms. The van der Waals surface area contributed by atoms with Gasteiger partial charge in [-0.15, -0.1) is 10.2 Å². The SMILES string of the molecule is COc1nnc(-c2ccccc2)cc1B1OC(C)(C)C(C)(C)O1. The van der Waals surface area contributed by atoms with Crippen molar-refractivity contribution in [3.8, 4) is 17.1 Å². The summed E-state index contributed by atoms with van der Waals surface area (Å²) in [5, 5.41) is 8.42. The van der Waals surface area contributed by atoms with Crippen molar-refractivity contribution < 1.29 is 14.0 Å². The van der Waals surface area contributed by atoms with Gasteiger partial charge in [-0.2, -0.15) is 0 Å². The molecule has 1 aromatic carbocycles.